The molecular formula is C21H21CuN3O15S4. The van der Waals surface area contributed by atoms with Crippen LogP contribution in [-0.4, -0.2) is 81.6 Å². The number of carbonyl (C=O) groups is 1. The maximum absolute atomic E-state index is 12.5. The number of phenolic OH excluding ortho intramolecular Hbond substituents is 2. The average Bonchev–Trinajstić information content (AvgIpc) is 2.85. The van der Waals surface area contributed by atoms with E-state index in [1.165, 1.54) is 18.2 Å². The fraction of sp³-hybridized carbons (Fsp3) is 0.190. The van der Waals surface area contributed by atoms with Crippen molar-refractivity contribution in [1.82, 2.24) is 0 Å². The van der Waals surface area contributed by atoms with Crippen molar-refractivity contribution in [3.05, 3.63) is 42.5 Å². The van der Waals surface area contributed by atoms with Crippen LogP contribution in [0, 0.1) is 0 Å². The molecule has 0 aromatic heterocycles. The Morgan fingerprint density at radius 1 is 0.841 bits per heavy atom. The zero-order valence-corrected chi connectivity index (χ0v) is 25.7. The Hall–Kier alpha value is -3.25. The summed E-state index contributed by atoms with van der Waals surface area (Å²) in [6.07, 6.45) is -0.606. The van der Waals surface area contributed by atoms with Gasteiger partial charge in [0.1, 0.15) is 22.0 Å². The summed E-state index contributed by atoms with van der Waals surface area (Å²) in [4.78, 5) is 10.5. The largest absolute Gasteiger partial charge is 0.506 e. The quantitative estimate of drug-likeness (QED) is 0.0873. The summed E-state index contributed by atoms with van der Waals surface area (Å²) in [5.74, 6) is -4.10. The number of azo groups is 1. The van der Waals surface area contributed by atoms with E-state index in [1.54, 1.807) is 0 Å². The molecular weight excluding hydrogens is 726 g/mol. The Bertz CT molecular complexity index is 2070. The molecule has 0 saturated heterocycles. The van der Waals surface area contributed by atoms with E-state index in [4.69, 9.17) is 9.11 Å². The van der Waals surface area contributed by atoms with Crippen LogP contribution in [0.4, 0.5) is 17.1 Å². The van der Waals surface area contributed by atoms with Gasteiger partial charge in [0.25, 0.3) is 20.2 Å². The first-order chi connectivity index (χ1) is 19.7. The third-order valence-corrected chi connectivity index (χ3v) is 9.08. The minimum atomic E-state index is -5.11. The topological polar surface area (TPSA) is 301 Å². The normalized spacial score (nSPS) is 12.7. The van der Waals surface area contributed by atoms with Crippen molar-refractivity contribution in [3.63, 3.8) is 0 Å². The Morgan fingerprint density at radius 3 is 2.09 bits per heavy atom. The molecule has 3 rings (SSSR count). The molecule has 0 fully saturated rings. The Morgan fingerprint density at radius 2 is 1.50 bits per heavy atom. The van der Waals surface area contributed by atoms with Gasteiger partial charge in [-0.1, -0.05) is 0 Å². The number of phenols is 2. The Labute approximate surface area is 260 Å². The van der Waals surface area contributed by atoms with Crippen LogP contribution in [0.1, 0.15) is 6.42 Å². The van der Waals surface area contributed by atoms with E-state index >= 15 is 0 Å². The molecule has 0 saturated carbocycles. The number of hydrogen-bond donors (Lipinski definition) is 6. The number of aromatic hydroxyl groups is 2. The minimum Gasteiger partial charge on any atom is -0.506 e. The van der Waals surface area contributed by atoms with Gasteiger partial charge in [0.2, 0.25) is 5.91 Å². The number of sulfone groups is 1. The van der Waals surface area contributed by atoms with Crippen molar-refractivity contribution < 1.29 is 83.6 Å². The molecule has 23 heteroatoms. The maximum atomic E-state index is 12.5. The fourth-order valence-electron chi connectivity index (χ4n) is 3.42. The zero-order chi connectivity index (χ0) is 32.4. The fourth-order valence-corrected chi connectivity index (χ4v) is 6.02. The van der Waals surface area contributed by atoms with Crippen LogP contribution in [0.5, 0.6) is 11.5 Å². The molecule has 1 radical (unpaired) electrons. The molecule has 44 heavy (non-hydrogen) atoms. The van der Waals surface area contributed by atoms with Crippen LogP contribution < -0.4 is 5.32 Å². The third kappa shape index (κ3) is 10.2. The van der Waals surface area contributed by atoms with Gasteiger partial charge in [-0.3, -0.25) is 18.5 Å². The molecule has 0 bridgehead atoms. The van der Waals surface area contributed by atoms with Gasteiger partial charge in [0.15, 0.2) is 15.6 Å². The smallest absolute Gasteiger partial charge is 0.397 e. The molecule has 0 atom stereocenters. The van der Waals surface area contributed by atoms with Gasteiger partial charge < -0.3 is 15.5 Å². The predicted molar refractivity (Wildman–Crippen MR) is 147 cm³/mol. The van der Waals surface area contributed by atoms with Gasteiger partial charge in [0, 0.05) is 34.6 Å². The number of nitrogens with zero attached hydrogens (tertiary/aromatic N) is 2. The molecule has 0 spiro atoms. The van der Waals surface area contributed by atoms with E-state index in [2.05, 4.69) is 19.7 Å². The average molecular weight is 747 g/mol. The molecule has 245 valence electrons. The summed E-state index contributed by atoms with van der Waals surface area (Å²) in [7, 11) is -18.7. The van der Waals surface area contributed by atoms with Crippen molar-refractivity contribution in [2.45, 2.75) is 16.2 Å². The molecule has 18 nitrogen and oxygen atoms in total. The van der Waals surface area contributed by atoms with Gasteiger partial charge in [-0.2, -0.15) is 25.3 Å². The predicted octanol–water partition coefficient (Wildman–Crippen LogP) is 1.72. The van der Waals surface area contributed by atoms with Crippen molar-refractivity contribution in [2.75, 3.05) is 23.4 Å². The molecule has 1 amide bonds. The third-order valence-electron chi connectivity index (χ3n) is 5.35. The molecule has 0 aliphatic rings. The van der Waals surface area contributed by atoms with E-state index < -0.39 is 104 Å². The summed E-state index contributed by atoms with van der Waals surface area (Å²) in [6, 6.07) is 7.05. The molecule has 3 aromatic carbocycles. The second kappa shape index (κ2) is 13.8. The van der Waals surface area contributed by atoms with E-state index in [1.807, 2.05) is 0 Å². The van der Waals surface area contributed by atoms with Gasteiger partial charge in [-0.05, 0) is 47.9 Å². The van der Waals surface area contributed by atoms with E-state index in [9.17, 15) is 53.2 Å². The first-order valence-electron chi connectivity index (χ1n) is 11.3. The first kappa shape index (κ1) is 36.9. The number of carbonyl (C=O) groups excluding carboxylic acids is 1. The van der Waals surface area contributed by atoms with Crippen LogP contribution in [-0.2, 0) is 66.5 Å². The summed E-state index contributed by atoms with van der Waals surface area (Å²) in [5.41, 5.74) is -1.36. The van der Waals surface area contributed by atoms with Crippen molar-refractivity contribution in [3.8, 4) is 11.5 Å². The summed E-state index contributed by atoms with van der Waals surface area (Å²) >= 11 is 0. The van der Waals surface area contributed by atoms with E-state index in [0.717, 1.165) is 24.3 Å². The van der Waals surface area contributed by atoms with Crippen LogP contribution in [0.3, 0.4) is 0 Å². The number of rotatable bonds is 12. The Kier molecular flexibility index (Phi) is 11.6. The SMILES string of the molecule is O=C(CCS(=O)(=O)O)Nc1ccc2c(O)c(N=Nc3cc(S(=O)(=O)CCOS(=O)(=O)O)ccc3O)c(S(=O)(=O)O)cc2c1.[Cu]. The van der Waals surface area contributed by atoms with Crippen LogP contribution in [0.2, 0.25) is 0 Å². The Balaban J connectivity index is 0.00000675. The molecule has 0 unspecified atom stereocenters. The van der Waals surface area contributed by atoms with Crippen molar-refractivity contribution in [2.24, 2.45) is 10.2 Å². The molecule has 6 N–H and O–H groups in total. The van der Waals surface area contributed by atoms with Crippen LogP contribution in [0.15, 0.2) is 62.5 Å². The molecule has 0 aliphatic heterocycles. The van der Waals surface area contributed by atoms with Gasteiger partial charge in [-0.15, -0.1) is 10.2 Å². The number of hydrogen-bond acceptors (Lipinski definition) is 14. The van der Waals surface area contributed by atoms with E-state index in [-0.39, 0.29) is 33.5 Å². The molecule has 0 aliphatic carbocycles. The number of anilines is 1. The zero-order valence-electron chi connectivity index (χ0n) is 21.5. The second-order valence-corrected chi connectivity index (χ2v) is 14.6. The van der Waals surface area contributed by atoms with Crippen LogP contribution >= 0.6 is 0 Å². The summed E-state index contributed by atoms with van der Waals surface area (Å²) in [6.45, 7) is -0.947. The number of amides is 1. The van der Waals surface area contributed by atoms with E-state index in [0.29, 0.717) is 0 Å². The first-order valence-corrected chi connectivity index (χ1v) is 17.3. The molecule has 3 aromatic rings. The molecule has 0 heterocycles. The minimum absolute atomic E-state index is 0. The monoisotopic (exact) mass is 746 g/mol. The number of fused-ring (bicyclic) bond motifs is 1. The van der Waals surface area contributed by atoms with Gasteiger partial charge in [0.05, 0.1) is 23.0 Å². The standard InChI is InChI=1S/C21H21N3O15S4.Cu/c25-17-4-2-14(40(28,29)8-6-39-43(36,37)38)11-16(17)23-24-20-18(42(33,34)35)10-12-9-13(1-3-15(12)21(20)27)22-19(26)5-7-41(30,31)32;/h1-4,9-11,25,27H,5-8H2,(H,22,26)(H,30,31,32)(H,33,34,35)(H,36,37,38);. The number of nitrogens with one attached hydrogen (secondary N) is 1. The second-order valence-electron chi connectivity index (χ2n) is 8.49. The van der Waals surface area contributed by atoms with Crippen molar-refractivity contribution >= 4 is 74.2 Å². The number of benzene rings is 3. The van der Waals surface area contributed by atoms with Crippen LogP contribution in [0.25, 0.3) is 10.8 Å². The van der Waals surface area contributed by atoms with Gasteiger partial charge >= 0.3 is 10.4 Å². The maximum Gasteiger partial charge on any atom is 0.397 e. The summed E-state index contributed by atoms with van der Waals surface area (Å²) < 4.78 is 123. The summed E-state index contributed by atoms with van der Waals surface area (Å²) in [5, 5.41) is 30.3. The van der Waals surface area contributed by atoms with Gasteiger partial charge in [-0.25, -0.2) is 12.6 Å². The van der Waals surface area contributed by atoms with Crippen molar-refractivity contribution in [1.29, 1.82) is 0 Å².